The topological polar surface area (TPSA) is 41.0 Å². The van der Waals surface area contributed by atoms with Crippen LogP contribution in [-0.4, -0.2) is 41.3 Å². The molecule has 1 aliphatic rings. The molecule has 2 heterocycles. The van der Waals surface area contributed by atoms with Gasteiger partial charge in [-0.05, 0) is 26.4 Å². The highest BCUT2D eigenvalue weighted by atomic mass is 35.5. The molecule has 94 valence electrons. The molecule has 0 aromatic carbocycles. The van der Waals surface area contributed by atoms with E-state index in [1.165, 1.54) is 19.3 Å². The van der Waals surface area contributed by atoms with Gasteiger partial charge in [0.25, 0.3) is 0 Å². The fourth-order valence-electron chi connectivity index (χ4n) is 2.11. The van der Waals surface area contributed by atoms with Crippen molar-refractivity contribution >= 4 is 28.9 Å². The van der Waals surface area contributed by atoms with Crippen LogP contribution in [0.25, 0.3) is 0 Å². The summed E-state index contributed by atoms with van der Waals surface area (Å²) < 4.78 is 0. The molecular formula is C11H16Cl2N4. The Bertz CT molecular complexity index is 386. The number of halogens is 2. The third kappa shape index (κ3) is 3.44. The van der Waals surface area contributed by atoms with Gasteiger partial charge in [-0.25, -0.2) is 0 Å². The Labute approximate surface area is 111 Å². The largest absolute Gasteiger partial charge is 0.381 e. The van der Waals surface area contributed by atoms with Crippen molar-refractivity contribution in [2.45, 2.75) is 25.3 Å². The summed E-state index contributed by atoms with van der Waals surface area (Å²) in [5, 5.41) is 11.5. The molecule has 0 aliphatic carbocycles. The molecule has 1 N–H and O–H groups in total. The van der Waals surface area contributed by atoms with Crippen molar-refractivity contribution in [1.29, 1.82) is 0 Å². The minimum atomic E-state index is 0.355. The van der Waals surface area contributed by atoms with E-state index in [0.29, 0.717) is 16.3 Å². The van der Waals surface area contributed by atoms with E-state index in [0.717, 1.165) is 18.8 Å². The average Bonchev–Trinajstić information content (AvgIpc) is 2.32. The maximum Gasteiger partial charge on any atom is 0.174 e. The minimum Gasteiger partial charge on any atom is -0.381 e. The van der Waals surface area contributed by atoms with Gasteiger partial charge in [0.05, 0.1) is 5.69 Å². The molecule has 1 unspecified atom stereocenters. The number of likely N-dealkylation sites (tertiary alicyclic amines) is 1. The lowest BCUT2D eigenvalue weighted by Gasteiger charge is -2.32. The van der Waals surface area contributed by atoms with Crippen molar-refractivity contribution in [3.63, 3.8) is 0 Å². The van der Waals surface area contributed by atoms with Crippen LogP contribution in [0.3, 0.4) is 0 Å². The Morgan fingerprint density at radius 3 is 3.00 bits per heavy atom. The molecule has 1 aliphatic heterocycles. The Kier molecular flexibility index (Phi) is 4.42. The van der Waals surface area contributed by atoms with Crippen LogP contribution in [0, 0.1) is 0 Å². The molecule has 4 nitrogen and oxygen atoms in total. The van der Waals surface area contributed by atoms with Gasteiger partial charge >= 0.3 is 0 Å². The molecule has 0 spiro atoms. The second-order valence-corrected chi connectivity index (χ2v) is 5.13. The summed E-state index contributed by atoms with van der Waals surface area (Å²) in [6.45, 7) is 2.02. The van der Waals surface area contributed by atoms with Crippen molar-refractivity contribution in [2.24, 2.45) is 0 Å². The third-order valence-corrected chi connectivity index (χ3v) is 3.63. The quantitative estimate of drug-likeness (QED) is 0.920. The molecule has 0 saturated carbocycles. The fraction of sp³-hybridized carbons (Fsp3) is 0.636. The molecule has 0 amide bonds. The second kappa shape index (κ2) is 5.85. The fourth-order valence-corrected chi connectivity index (χ4v) is 2.41. The van der Waals surface area contributed by atoms with Gasteiger partial charge in [-0.3, -0.25) is 0 Å². The first-order valence-electron chi connectivity index (χ1n) is 5.79. The van der Waals surface area contributed by atoms with Gasteiger partial charge in [-0.2, -0.15) is 0 Å². The Morgan fingerprint density at radius 2 is 2.24 bits per heavy atom. The minimum absolute atomic E-state index is 0.355. The highest BCUT2D eigenvalue weighted by Gasteiger charge is 2.18. The van der Waals surface area contributed by atoms with E-state index in [9.17, 15) is 0 Å². The van der Waals surface area contributed by atoms with Gasteiger partial charge in [-0.15, -0.1) is 10.2 Å². The standard InChI is InChI=1S/C11H16Cl2N4/c1-17-5-3-2-4-8(17)7-14-9-6-10(12)15-16-11(9)13/h6,8H,2-5,7H2,1H3,(H,14,15). The molecule has 17 heavy (non-hydrogen) atoms. The van der Waals surface area contributed by atoms with Crippen LogP contribution in [0.2, 0.25) is 10.3 Å². The lowest BCUT2D eigenvalue weighted by molar-refractivity contribution is 0.194. The Hall–Kier alpha value is -0.580. The van der Waals surface area contributed by atoms with Crippen molar-refractivity contribution in [2.75, 3.05) is 25.5 Å². The lowest BCUT2D eigenvalue weighted by atomic mass is 10.0. The summed E-state index contributed by atoms with van der Waals surface area (Å²) in [5.74, 6) is 0. The third-order valence-electron chi connectivity index (χ3n) is 3.17. The second-order valence-electron chi connectivity index (χ2n) is 4.38. The highest BCUT2D eigenvalue weighted by molar-refractivity contribution is 6.33. The molecule has 1 aromatic rings. The predicted molar refractivity (Wildman–Crippen MR) is 70.8 cm³/mol. The number of piperidine rings is 1. The van der Waals surface area contributed by atoms with Crippen LogP contribution in [0.5, 0.6) is 0 Å². The number of rotatable bonds is 3. The molecule has 1 saturated heterocycles. The van der Waals surface area contributed by atoms with Gasteiger partial charge in [0.2, 0.25) is 0 Å². The molecule has 6 heteroatoms. The number of likely N-dealkylation sites (N-methyl/N-ethyl adjacent to an activating group) is 1. The summed E-state index contributed by atoms with van der Waals surface area (Å²) in [7, 11) is 2.16. The summed E-state index contributed by atoms with van der Waals surface area (Å²) in [6, 6.07) is 2.26. The van der Waals surface area contributed by atoms with Crippen LogP contribution >= 0.6 is 23.2 Å². The maximum atomic E-state index is 5.94. The van der Waals surface area contributed by atoms with Crippen LogP contribution < -0.4 is 5.32 Å². The summed E-state index contributed by atoms with van der Waals surface area (Å²) in [6.07, 6.45) is 3.80. The number of aromatic nitrogens is 2. The summed E-state index contributed by atoms with van der Waals surface area (Å²) >= 11 is 11.7. The zero-order valence-corrected chi connectivity index (χ0v) is 11.3. The van der Waals surface area contributed by atoms with E-state index < -0.39 is 0 Å². The zero-order valence-electron chi connectivity index (χ0n) is 9.79. The van der Waals surface area contributed by atoms with E-state index in [4.69, 9.17) is 23.2 Å². The van der Waals surface area contributed by atoms with Gasteiger partial charge in [0.1, 0.15) is 0 Å². The van der Waals surface area contributed by atoms with E-state index in [1.807, 2.05) is 0 Å². The monoisotopic (exact) mass is 274 g/mol. The predicted octanol–water partition coefficient (Wildman–Crippen LogP) is 2.68. The average molecular weight is 275 g/mol. The Balaban J connectivity index is 1.94. The first-order valence-corrected chi connectivity index (χ1v) is 6.55. The molecular weight excluding hydrogens is 259 g/mol. The number of nitrogens with one attached hydrogen (secondary N) is 1. The summed E-state index contributed by atoms with van der Waals surface area (Å²) in [4.78, 5) is 2.38. The van der Waals surface area contributed by atoms with Gasteiger partial charge < -0.3 is 10.2 Å². The molecule has 2 rings (SSSR count). The maximum absolute atomic E-state index is 5.94. The molecule has 1 aromatic heterocycles. The Morgan fingerprint density at radius 1 is 1.41 bits per heavy atom. The van der Waals surface area contributed by atoms with E-state index >= 15 is 0 Å². The number of nitrogens with zero attached hydrogens (tertiary/aromatic N) is 3. The molecule has 1 fully saturated rings. The SMILES string of the molecule is CN1CCCCC1CNc1cc(Cl)nnc1Cl. The van der Waals surface area contributed by atoms with Crippen LogP contribution in [0.4, 0.5) is 5.69 Å². The number of hydrogen-bond donors (Lipinski definition) is 1. The van der Waals surface area contributed by atoms with Crippen molar-refractivity contribution < 1.29 is 0 Å². The molecule has 0 bridgehead atoms. The van der Waals surface area contributed by atoms with Crippen molar-refractivity contribution in [3.05, 3.63) is 16.4 Å². The van der Waals surface area contributed by atoms with Crippen molar-refractivity contribution in [3.8, 4) is 0 Å². The van der Waals surface area contributed by atoms with Crippen LogP contribution in [0.1, 0.15) is 19.3 Å². The number of hydrogen-bond acceptors (Lipinski definition) is 4. The van der Waals surface area contributed by atoms with Gasteiger partial charge in [-0.1, -0.05) is 29.6 Å². The zero-order chi connectivity index (χ0) is 12.3. The van der Waals surface area contributed by atoms with Crippen molar-refractivity contribution in [1.82, 2.24) is 15.1 Å². The van der Waals surface area contributed by atoms with E-state index in [2.05, 4.69) is 27.5 Å². The highest BCUT2D eigenvalue weighted by Crippen LogP contribution is 2.22. The lowest BCUT2D eigenvalue weighted by Crippen LogP contribution is -2.40. The van der Waals surface area contributed by atoms with Crippen LogP contribution in [0.15, 0.2) is 6.07 Å². The normalized spacial score (nSPS) is 21.5. The van der Waals surface area contributed by atoms with E-state index in [1.54, 1.807) is 6.07 Å². The van der Waals surface area contributed by atoms with Crippen LogP contribution in [-0.2, 0) is 0 Å². The van der Waals surface area contributed by atoms with Gasteiger partial charge in [0, 0.05) is 18.7 Å². The van der Waals surface area contributed by atoms with E-state index in [-0.39, 0.29) is 0 Å². The summed E-state index contributed by atoms with van der Waals surface area (Å²) in [5.41, 5.74) is 0.755. The molecule has 0 radical (unpaired) electrons. The number of anilines is 1. The molecule has 1 atom stereocenters. The first kappa shape index (κ1) is 12.9. The van der Waals surface area contributed by atoms with Gasteiger partial charge in [0.15, 0.2) is 10.3 Å². The smallest absolute Gasteiger partial charge is 0.174 e. The first-order chi connectivity index (χ1) is 8.16.